The van der Waals surface area contributed by atoms with Crippen LogP contribution in [0.4, 0.5) is 0 Å². The van der Waals surface area contributed by atoms with Gasteiger partial charge in [0.15, 0.2) is 9.84 Å². The third-order valence-electron chi connectivity index (χ3n) is 3.01. The number of hydrogen-bond donors (Lipinski definition) is 1. The summed E-state index contributed by atoms with van der Waals surface area (Å²) in [5, 5.41) is 2.58. The number of ether oxygens (including phenoxy) is 1. The van der Waals surface area contributed by atoms with Gasteiger partial charge >= 0.3 is 0 Å². The molecule has 0 heterocycles. The minimum absolute atomic E-state index is 0.212. The van der Waals surface area contributed by atoms with Gasteiger partial charge in [-0.25, -0.2) is 8.42 Å². The highest BCUT2D eigenvalue weighted by Crippen LogP contribution is 2.23. The monoisotopic (exact) mass is 271 g/mol. The van der Waals surface area contributed by atoms with Crippen molar-refractivity contribution >= 4 is 9.84 Å². The Morgan fingerprint density at radius 3 is 2.22 bits per heavy atom. The molecule has 0 aliphatic rings. The van der Waals surface area contributed by atoms with Crippen LogP contribution in [0.2, 0.25) is 0 Å². The zero-order chi connectivity index (χ0) is 13.8. The molecule has 0 spiro atoms. The molecule has 0 aromatic heterocycles. The van der Waals surface area contributed by atoms with Gasteiger partial charge in [-0.2, -0.15) is 0 Å². The molecule has 0 saturated carbocycles. The van der Waals surface area contributed by atoms with Gasteiger partial charge in [-0.1, -0.05) is 12.1 Å². The molecule has 0 fully saturated rings. The lowest BCUT2D eigenvalue weighted by Gasteiger charge is -2.22. The quantitative estimate of drug-likeness (QED) is 0.857. The lowest BCUT2D eigenvalue weighted by molar-refractivity contribution is 0.340. The molecule has 0 bridgehead atoms. The van der Waals surface area contributed by atoms with Crippen LogP contribution >= 0.6 is 0 Å². The summed E-state index contributed by atoms with van der Waals surface area (Å²) in [5.41, 5.74) is 0.943. The third-order valence-corrected chi connectivity index (χ3v) is 4.63. The van der Waals surface area contributed by atoms with Crippen LogP contribution < -0.4 is 10.1 Å². The maximum Gasteiger partial charge on any atom is 0.151 e. The van der Waals surface area contributed by atoms with E-state index in [0.717, 1.165) is 11.3 Å². The van der Waals surface area contributed by atoms with Crippen LogP contribution in [0.25, 0.3) is 0 Å². The number of hydrogen-bond acceptors (Lipinski definition) is 4. The van der Waals surface area contributed by atoms with Crippen LogP contribution in [0.3, 0.4) is 0 Å². The van der Waals surface area contributed by atoms with Crippen molar-refractivity contribution in [2.45, 2.75) is 25.1 Å². The standard InChI is InChI=1S/C13H21NO3S/c1-5-17-12-8-6-11(7-9-12)13(14-3)10(2)18(4,15)16/h6-10,13-14H,5H2,1-4H3. The van der Waals surface area contributed by atoms with Crippen LogP contribution in [-0.2, 0) is 9.84 Å². The number of sulfone groups is 1. The minimum Gasteiger partial charge on any atom is -0.494 e. The van der Waals surface area contributed by atoms with Gasteiger partial charge in [0.05, 0.1) is 11.9 Å². The van der Waals surface area contributed by atoms with Crippen molar-refractivity contribution in [3.8, 4) is 5.75 Å². The second-order valence-electron chi connectivity index (χ2n) is 4.30. The van der Waals surface area contributed by atoms with Crippen molar-refractivity contribution < 1.29 is 13.2 Å². The fourth-order valence-corrected chi connectivity index (χ4v) is 2.65. The second kappa shape index (κ2) is 6.20. The summed E-state index contributed by atoms with van der Waals surface area (Å²) in [6.45, 7) is 4.26. The van der Waals surface area contributed by atoms with Crippen LogP contribution in [0.1, 0.15) is 25.5 Å². The number of nitrogens with one attached hydrogen (secondary N) is 1. The molecule has 18 heavy (non-hydrogen) atoms. The Kier molecular flexibility index (Phi) is 5.16. The fourth-order valence-electron chi connectivity index (χ4n) is 1.86. The minimum atomic E-state index is -3.08. The Morgan fingerprint density at radius 1 is 1.28 bits per heavy atom. The van der Waals surface area contributed by atoms with Gasteiger partial charge in [-0.05, 0) is 38.6 Å². The van der Waals surface area contributed by atoms with Crippen molar-refractivity contribution in [1.29, 1.82) is 0 Å². The first-order valence-corrected chi connectivity index (χ1v) is 7.94. The molecule has 1 aromatic rings. The third kappa shape index (κ3) is 3.71. The average molecular weight is 271 g/mol. The van der Waals surface area contributed by atoms with Crippen LogP contribution in [0.15, 0.2) is 24.3 Å². The van der Waals surface area contributed by atoms with Crippen LogP contribution in [0, 0.1) is 0 Å². The normalized spacial score (nSPS) is 15.1. The first kappa shape index (κ1) is 15.0. The summed E-state index contributed by atoms with van der Waals surface area (Å²) in [6, 6.07) is 7.30. The van der Waals surface area contributed by atoms with E-state index in [4.69, 9.17) is 4.74 Å². The molecular weight excluding hydrogens is 250 g/mol. The lowest BCUT2D eigenvalue weighted by atomic mass is 10.0. The van der Waals surface area contributed by atoms with E-state index in [0.29, 0.717) is 6.61 Å². The molecule has 0 radical (unpaired) electrons. The average Bonchev–Trinajstić information content (AvgIpc) is 2.31. The van der Waals surface area contributed by atoms with Crippen molar-refractivity contribution in [2.75, 3.05) is 19.9 Å². The van der Waals surface area contributed by atoms with E-state index in [1.54, 1.807) is 14.0 Å². The van der Waals surface area contributed by atoms with E-state index in [2.05, 4.69) is 5.32 Å². The molecule has 1 rings (SSSR count). The molecule has 1 aromatic carbocycles. The first-order valence-electron chi connectivity index (χ1n) is 5.99. The van der Waals surface area contributed by atoms with E-state index >= 15 is 0 Å². The van der Waals surface area contributed by atoms with Crippen molar-refractivity contribution in [2.24, 2.45) is 0 Å². The molecule has 5 heteroatoms. The second-order valence-corrected chi connectivity index (χ2v) is 6.71. The van der Waals surface area contributed by atoms with Gasteiger partial charge in [0, 0.05) is 12.3 Å². The fraction of sp³-hybridized carbons (Fsp3) is 0.538. The number of benzene rings is 1. The molecule has 2 unspecified atom stereocenters. The number of rotatable bonds is 6. The Bertz CT molecular complexity index is 468. The highest BCUT2D eigenvalue weighted by Gasteiger charge is 2.25. The summed E-state index contributed by atoms with van der Waals surface area (Å²) in [5.74, 6) is 0.795. The van der Waals surface area contributed by atoms with Gasteiger partial charge < -0.3 is 10.1 Å². The zero-order valence-electron chi connectivity index (χ0n) is 11.3. The van der Waals surface area contributed by atoms with Gasteiger partial charge in [0.1, 0.15) is 5.75 Å². The highest BCUT2D eigenvalue weighted by molar-refractivity contribution is 7.91. The molecular formula is C13H21NO3S. The predicted molar refractivity (Wildman–Crippen MR) is 73.7 cm³/mol. The first-order chi connectivity index (χ1) is 8.40. The predicted octanol–water partition coefficient (Wildman–Crippen LogP) is 1.78. The lowest BCUT2D eigenvalue weighted by Crippen LogP contribution is -2.32. The van der Waals surface area contributed by atoms with Crippen LogP contribution in [0.5, 0.6) is 5.75 Å². The summed E-state index contributed by atoms with van der Waals surface area (Å²) >= 11 is 0. The Labute approximate surface area is 109 Å². The molecule has 4 nitrogen and oxygen atoms in total. The molecule has 0 aliphatic heterocycles. The summed E-state index contributed by atoms with van der Waals surface area (Å²) in [7, 11) is -1.31. The molecule has 2 atom stereocenters. The maximum atomic E-state index is 11.6. The molecule has 0 aliphatic carbocycles. The van der Waals surface area contributed by atoms with Crippen LogP contribution in [-0.4, -0.2) is 33.6 Å². The van der Waals surface area contributed by atoms with Crippen molar-refractivity contribution in [3.05, 3.63) is 29.8 Å². The van der Waals surface area contributed by atoms with E-state index in [-0.39, 0.29) is 6.04 Å². The van der Waals surface area contributed by atoms with E-state index in [1.165, 1.54) is 6.26 Å². The van der Waals surface area contributed by atoms with Crippen molar-refractivity contribution in [1.82, 2.24) is 5.32 Å². The highest BCUT2D eigenvalue weighted by atomic mass is 32.2. The smallest absolute Gasteiger partial charge is 0.151 e. The molecule has 0 saturated heterocycles. The van der Waals surface area contributed by atoms with Gasteiger partial charge in [-0.15, -0.1) is 0 Å². The van der Waals surface area contributed by atoms with Gasteiger partial charge in [-0.3, -0.25) is 0 Å². The largest absolute Gasteiger partial charge is 0.494 e. The topological polar surface area (TPSA) is 55.4 Å². The van der Waals surface area contributed by atoms with Gasteiger partial charge in [0.25, 0.3) is 0 Å². The van der Waals surface area contributed by atoms with Crippen molar-refractivity contribution in [3.63, 3.8) is 0 Å². The Balaban J connectivity index is 2.96. The molecule has 0 amide bonds. The summed E-state index contributed by atoms with van der Waals surface area (Å²) in [6.07, 6.45) is 1.26. The summed E-state index contributed by atoms with van der Waals surface area (Å²) in [4.78, 5) is 0. The Morgan fingerprint density at radius 2 is 1.83 bits per heavy atom. The molecule has 1 N–H and O–H groups in total. The Hall–Kier alpha value is -1.07. The maximum absolute atomic E-state index is 11.6. The molecule has 102 valence electrons. The van der Waals surface area contributed by atoms with E-state index < -0.39 is 15.1 Å². The SMILES string of the molecule is CCOc1ccc(C(NC)C(C)S(C)(=O)=O)cc1. The van der Waals surface area contributed by atoms with Gasteiger partial charge in [0.2, 0.25) is 0 Å². The van der Waals surface area contributed by atoms with E-state index in [1.807, 2.05) is 31.2 Å². The van der Waals surface area contributed by atoms with E-state index in [9.17, 15) is 8.42 Å². The summed E-state index contributed by atoms with van der Waals surface area (Å²) < 4.78 is 28.6. The zero-order valence-corrected chi connectivity index (χ0v) is 12.1.